The van der Waals surface area contributed by atoms with Crippen LogP contribution in [0.5, 0.6) is 0 Å². The van der Waals surface area contributed by atoms with Crippen LogP contribution >= 0.6 is 27.5 Å². The molecule has 2 heterocycles. The zero-order valence-electron chi connectivity index (χ0n) is 19.7. The van der Waals surface area contributed by atoms with E-state index >= 15 is 0 Å². The number of nitrogens with zero attached hydrogens (tertiary/aromatic N) is 3. The van der Waals surface area contributed by atoms with Crippen molar-refractivity contribution in [1.29, 1.82) is 0 Å². The predicted octanol–water partition coefficient (Wildman–Crippen LogP) is 7.02. The van der Waals surface area contributed by atoms with Crippen molar-refractivity contribution in [3.8, 4) is 11.3 Å². The molecule has 2 aromatic heterocycles. The molecule has 0 bridgehead atoms. The molecule has 38 heavy (non-hydrogen) atoms. The first-order valence-electron chi connectivity index (χ1n) is 11.5. The highest BCUT2D eigenvalue weighted by atomic mass is 79.9. The average Bonchev–Trinajstić information content (AvgIpc) is 3.27. The number of urea groups is 1. The van der Waals surface area contributed by atoms with Gasteiger partial charge in [-0.1, -0.05) is 54.1 Å². The van der Waals surface area contributed by atoms with Crippen LogP contribution in [0.2, 0.25) is 5.02 Å². The molecule has 0 aliphatic rings. The predicted molar refractivity (Wildman–Crippen MR) is 147 cm³/mol. The number of benzene rings is 3. The molecule has 0 fully saturated rings. The van der Waals surface area contributed by atoms with E-state index < -0.39 is 17.7 Å². The number of fused-ring (bicyclic) bond motifs is 1. The van der Waals surface area contributed by atoms with Gasteiger partial charge in [-0.3, -0.25) is 0 Å². The average molecular weight is 598 g/mol. The Morgan fingerprint density at radius 1 is 0.947 bits per heavy atom. The summed E-state index contributed by atoms with van der Waals surface area (Å²) in [5.74, 6) is -0.790. The highest BCUT2D eigenvalue weighted by molar-refractivity contribution is 9.10. The summed E-state index contributed by atoms with van der Waals surface area (Å²) in [6.07, 6.45) is 1.69. The zero-order valence-corrected chi connectivity index (χ0v) is 22.0. The van der Waals surface area contributed by atoms with Crippen LogP contribution in [0.15, 0.2) is 83.5 Å². The molecule has 11 heteroatoms. The first kappa shape index (κ1) is 25.6. The standard InChI is InChI=1S/C27H20BrClF2N6O/c28-22-15-34-37-25(12-24(36-26(22)37)21-3-1-2-4-23(21)29)32-13-16-5-7-17(8-6-16)14-33-27(38)35-20-10-18(30)9-19(31)11-20/h1-12,15,32H,13-14H2,(H2,33,35,38). The molecule has 7 nitrogen and oxygen atoms in total. The molecule has 3 N–H and O–H groups in total. The number of carbonyl (C=O) groups is 1. The number of nitrogens with one attached hydrogen (secondary N) is 3. The fourth-order valence-electron chi connectivity index (χ4n) is 3.82. The largest absolute Gasteiger partial charge is 0.366 e. The van der Waals surface area contributed by atoms with Gasteiger partial charge in [-0.15, -0.1) is 0 Å². The Morgan fingerprint density at radius 2 is 1.63 bits per heavy atom. The first-order chi connectivity index (χ1) is 18.4. The van der Waals surface area contributed by atoms with Gasteiger partial charge in [0, 0.05) is 41.5 Å². The van der Waals surface area contributed by atoms with Crippen molar-refractivity contribution in [3.63, 3.8) is 0 Å². The van der Waals surface area contributed by atoms with E-state index in [1.807, 2.05) is 54.6 Å². The van der Waals surface area contributed by atoms with Crippen molar-refractivity contribution in [3.05, 3.63) is 111 Å². The third-order valence-electron chi connectivity index (χ3n) is 5.65. The second-order valence-corrected chi connectivity index (χ2v) is 9.63. The van der Waals surface area contributed by atoms with Crippen LogP contribution in [0, 0.1) is 11.6 Å². The Hall–Kier alpha value is -4.02. The second kappa shape index (κ2) is 11.2. The fourth-order valence-corrected chi connectivity index (χ4v) is 4.40. The number of rotatable bonds is 7. The lowest BCUT2D eigenvalue weighted by atomic mass is 10.1. The van der Waals surface area contributed by atoms with E-state index in [9.17, 15) is 13.6 Å². The van der Waals surface area contributed by atoms with Crippen LogP contribution in [-0.2, 0) is 13.1 Å². The van der Waals surface area contributed by atoms with E-state index in [1.165, 1.54) is 0 Å². The molecular formula is C27H20BrClF2N6O. The highest BCUT2D eigenvalue weighted by Crippen LogP contribution is 2.30. The molecule has 2 amide bonds. The van der Waals surface area contributed by atoms with Gasteiger partial charge in [0.25, 0.3) is 0 Å². The van der Waals surface area contributed by atoms with Gasteiger partial charge in [0.05, 0.1) is 16.4 Å². The van der Waals surface area contributed by atoms with E-state index in [0.29, 0.717) is 22.9 Å². The second-order valence-electron chi connectivity index (χ2n) is 8.37. The summed E-state index contributed by atoms with van der Waals surface area (Å²) < 4.78 is 29.1. The highest BCUT2D eigenvalue weighted by Gasteiger charge is 2.13. The molecule has 0 saturated carbocycles. The van der Waals surface area contributed by atoms with Crippen LogP contribution in [0.1, 0.15) is 11.1 Å². The summed E-state index contributed by atoms with van der Waals surface area (Å²) in [4.78, 5) is 16.8. The van der Waals surface area contributed by atoms with E-state index in [0.717, 1.165) is 45.2 Å². The van der Waals surface area contributed by atoms with Crippen molar-refractivity contribution >= 4 is 50.7 Å². The van der Waals surface area contributed by atoms with E-state index in [1.54, 1.807) is 10.7 Å². The molecule has 3 aromatic carbocycles. The van der Waals surface area contributed by atoms with Gasteiger partial charge in [0.2, 0.25) is 0 Å². The van der Waals surface area contributed by atoms with Crippen molar-refractivity contribution in [2.45, 2.75) is 13.1 Å². The molecule has 0 spiro atoms. The summed E-state index contributed by atoms with van der Waals surface area (Å²) >= 11 is 9.91. The molecule has 0 radical (unpaired) electrons. The molecule has 0 unspecified atom stereocenters. The normalized spacial score (nSPS) is 10.9. The van der Waals surface area contributed by atoms with Crippen LogP contribution in [-0.4, -0.2) is 20.6 Å². The van der Waals surface area contributed by atoms with Crippen LogP contribution in [0.4, 0.5) is 25.1 Å². The third kappa shape index (κ3) is 5.92. The maximum Gasteiger partial charge on any atom is 0.319 e. The van der Waals surface area contributed by atoms with Gasteiger partial charge in [-0.2, -0.15) is 9.61 Å². The first-order valence-corrected chi connectivity index (χ1v) is 12.6. The maximum absolute atomic E-state index is 13.3. The molecular weight excluding hydrogens is 578 g/mol. The Morgan fingerprint density at radius 3 is 2.34 bits per heavy atom. The van der Waals surface area contributed by atoms with Gasteiger partial charge in [0.1, 0.15) is 17.5 Å². The Balaban J connectivity index is 1.24. The Labute approximate surface area is 230 Å². The molecule has 0 atom stereocenters. The number of anilines is 2. The third-order valence-corrected chi connectivity index (χ3v) is 6.54. The van der Waals surface area contributed by atoms with Crippen LogP contribution in [0.3, 0.4) is 0 Å². The minimum atomic E-state index is -0.766. The van der Waals surface area contributed by atoms with Crippen molar-refractivity contribution < 1.29 is 13.6 Å². The van der Waals surface area contributed by atoms with Gasteiger partial charge in [0.15, 0.2) is 5.65 Å². The number of hydrogen-bond donors (Lipinski definition) is 3. The molecule has 0 aliphatic heterocycles. The van der Waals surface area contributed by atoms with Gasteiger partial charge >= 0.3 is 6.03 Å². The number of amides is 2. The minimum Gasteiger partial charge on any atom is -0.366 e. The summed E-state index contributed by atoms with van der Waals surface area (Å²) in [7, 11) is 0. The van der Waals surface area contributed by atoms with Gasteiger partial charge in [-0.25, -0.2) is 18.6 Å². The Bertz CT molecular complexity index is 1610. The number of halogens is 4. The summed E-state index contributed by atoms with van der Waals surface area (Å²) in [5.41, 5.74) is 4.09. The number of hydrogen-bond acceptors (Lipinski definition) is 4. The maximum atomic E-state index is 13.3. The van der Waals surface area contributed by atoms with Crippen LogP contribution < -0.4 is 16.0 Å². The summed E-state index contributed by atoms with van der Waals surface area (Å²) in [6, 6.07) is 19.3. The summed E-state index contributed by atoms with van der Waals surface area (Å²) in [6.45, 7) is 0.753. The molecule has 5 aromatic rings. The smallest absolute Gasteiger partial charge is 0.319 e. The van der Waals surface area contributed by atoms with Crippen LogP contribution in [0.25, 0.3) is 16.9 Å². The molecule has 192 valence electrons. The van der Waals surface area contributed by atoms with Crippen molar-refractivity contribution in [2.75, 3.05) is 10.6 Å². The van der Waals surface area contributed by atoms with Crippen molar-refractivity contribution in [2.24, 2.45) is 0 Å². The lowest BCUT2D eigenvalue weighted by Gasteiger charge is -2.12. The minimum absolute atomic E-state index is 0.0357. The molecule has 0 saturated heterocycles. The van der Waals surface area contributed by atoms with Crippen molar-refractivity contribution in [1.82, 2.24) is 19.9 Å². The lowest BCUT2D eigenvalue weighted by Crippen LogP contribution is -2.28. The van der Waals surface area contributed by atoms with Gasteiger partial charge in [-0.05, 0) is 45.3 Å². The number of aromatic nitrogens is 3. The van der Waals surface area contributed by atoms with E-state index in [-0.39, 0.29) is 12.2 Å². The molecule has 0 aliphatic carbocycles. The molecule has 5 rings (SSSR count). The van der Waals surface area contributed by atoms with E-state index in [4.69, 9.17) is 16.6 Å². The zero-order chi connectivity index (χ0) is 26.6. The summed E-state index contributed by atoms with van der Waals surface area (Å²) in [5, 5.41) is 13.5. The topological polar surface area (TPSA) is 83.3 Å². The van der Waals surface area contributed by atoms with E-state index in [2.05, 4.69) is 37.0 Å². The fraction of sp³-hybridized carbons (Fsp3) is 0.0741. The van der Waals surface area contributed by atoms with Gasteiger partial charge < -0.3 is 16.0 Å². The lowest BCUT2D eigenvalue weighted by molar-refractivity contribution is 0.251. The SMILES string of the molecule is O=C(NCc1ccc(CNc2cc(-c3ccccc3Cl)nc3c(Br)cnn23)cc1)Nc1cc(F)cc(F)c1. The monoisotopic (exact) mass is 596 g/mol. The number of carbonyl (C=O) groups excluding carboxylic acids is 1. The Kier molecular flexibility index (Phi) is 7.52. The quantitative estimate of drug-likeness (QED) is 0.188.